The molecule has 0 amide bonds. The van der Waals surface area contributed by atoms with Gasteiger partial charge in [0.2, 0.25) is 0 Å². The highest BCUT2D eigenvalue weighted by molar-refractivity contribution is 5.42. The van der Waals surface area contributed by atoms with Crippen molar-refractivity contribution in [2.24, 2.45) is 0 Å². The van der Waals surface area contributed by atoms with E-state index in [9.17, 15) is 0 Å². The molecular formula is C19H26N4. The topological polar surface area (TPSA) is 32.3 Å². The Bertz CT molecular complexity index is 641. The van der Waals surface area contributed by atoms with E-state index < -0.39 is 0 Å². The molecule has 1 saturated heterocycles. The first kappa shape index (κ1) is 15.9. The van der Waals surface area contributed by atoms with Gasteiger partial charge in [-0.2, -0.15) is 0 Å². The number of rotatable bonds is 4. The van der Waals surface area contributed by atoms with Crippen molar-refractivity contribution in [1.82, 2.24) is 14.9 Å². The van der Waals surface area contributed by atoms with Crippen LogP contribution in [-0.2, 0) is 13.0 Å². The number of nitrogens with zero attached hydrogens (tertiary/aromatic N) is 4. The number of aromatic nitrogens is 2. The summed E-state index contributed by atoms with van der Waals surface area (Å²) in [5.74, 6) is 1.96. The van der Waals surface area contributed by atoms with Gasteiger partial charge in [0.1, 0.15) is 11.6 Å². The number of piperazine rings is 1. The monoisotopic (exact) mass is 310 g/mol. The molecule has 3 rings (SSSR count). The molecule has 0 aliphatic carbocycles. The molecule has 1 atom stereocenters. The Hall–Kier alpha value is -1.94. The van der Waals surface area contributed by atoms with E-state index >= 15 is 0 Å². The number of aryl methyl sites for hydroxylation is 2. The number of benzene rings is 1. The molecule has 4 heteroatoms. The van der Waals surface area contributed by atoms with Crippen molar-refractivity contribution in [2.75, 3.05) is 24.5 Å². The highest BCUT2D eigenvalue weighted by Gasteiger charge is 2.25. The van der Waals surface area contributed by atoms with E-state index in [2.05, 4.69) is 70.0 Å². The van der Waals surface area contributed by atoms with Gasteiger partial charge in [-0.05, 0) is 25.8 Å². The highest BCUT2D eigenvalue weighted by atomic mass is 15.3. The standard InChI is InChI=1S/C19H26N4/c1-4-18-12-19(21-16(3)20-18)23-11-10-22(13-15(23)2)14-17-8-6-5-7-9-17/h5-9,12,15H,4,10-11,13-14H2,1-3H3/t15-/m1/s1. The molecule has 122 valence electrons. The first-order chi connectivity index (χ1) is 11.2. The van der Waals surface area contributed by atoms with Crippen LogP contribution in [0.1, 0.15) is 30.9 Å². The van der Waals surface area contributed by atoms with Crippen molar-refractivity contribution < 1.29 is 0 Å². The second kappa shape index (κ2) is 7.09. The lowest BCUT2D eigenvalue weighted by molar-refractivity contribution is 0.220. The van der Waals surface area contributed by atoms with E-state index in [4.69, 9.17) is 0 Å². The van der Waals surface area contributed by atoms with Crippen LogP contribution in [0.4, 0.5) is 5.82 Å². The molecule has 4 nitrogen and oxygen atoms in total. The average Bonchev–Trinajstić information content (AvgIpc) is 2.55. The molecule has 0 spiro atoms. The minimum Gasteiger partial charge on any atom is -0.351 e. The molecule has 0 unspecified atom stereocenters. The first-order valence-electron chi connectivity index (χ1n) is 8.53. The second-order valence-electron chi connectivity index (χ2n) is 6.38. The Morgan fingerprint density at radius 3 is 2.61 bits per heavy atom. The van der Waals surface area contributed by atoms with Gasteiger partial charge in [0.05, 0.1) is 0 Å². The molecule has 23 heavy (non-hydrogen) atoms. The largest absolute Gasteiger partial charge is 0.351 e. The lowest BCUT2D eigenvalue weighted by Crippen LogP contribution is -2.52. The van der Waals surface area contributed by atoms with Crippen LogP contribution in [0.2, 0.25) is 0 Å². The lowest BCUT2D eigenvalue weighted by atomic mass is 10.1. The molecule has 0 saturated carbocycles. The van der Waals surface area contributed by atoms with Gasteiger partial charge in [0, 0.05) is 44.0 Å². The summed E-state index contributed by atoms with van der Waals surface area (Å²) in [6, 6.07) is 13.3. The van der Waals surface area contributed by atoms with E-state index in [0.29, 0.717) is 6.04 Å². The fraction of sp³-hybridized carbons (Fsp3) is 0.474. The summed E-state index contributed by atoms with van der Waals surface area (Å²) in [4.78, 5) is 14.1. The average molecular weight is 310 g/mol. The number of hydrogen-bond donors (Lipinski definition) is 0. The summed E-state index contributed by atoms with van der Waals surface area (Å²) in [5, 5.41) is 0. The van der Waals surface area contributed by atoms with Crippen LogP contribution in [0.3, 0.4) is 0 Å². The molecule has 1 fully saturated rings. The normalized spacial score (nSPS) is 19.1. The van der Waals surface area contributed by atoms with Crippen molar-refractivity contribution in [3.63, 3.8) is 0 Å². The second-order valence-corrected chi connectivity index (χ2v) is 6.38. The summed E-state index contributed by atoms with van der Waals surface area (Å²) in [7, 11) is 0. The zero-order valence-corrected chi connectivity index (χ0v) is 14.4. The van der Waals surface area contributed by atoms with Gasteiger partial charge in [-0.1, -0.05) is 37.3 Å². The molecule has 0 bridgehead atoms. The Kier molecular flexibility index (Phi) is 4.91. The first-order valence-corrected chi connectivity index (χ1v) is 8.53. The van der Waals surface area contributed by atoms with Crippen LogP contribution >= 0.6 is 0 Å². The third-order valence-corrected chi connectivity index (χ3v) is 4.49. The van der Waals surface area contributed by atoms with E-state index in [1.54, 1.807) is 0 Å². The molecule has 2 heterocycles. The van der Waals surface area contributed by atoms with Crippen LogP contribution in [-0.4, -0.2) is 40.5 Å². The summed E-state index contributed by atoms with van der Waals surface area (Å²) < 4.78 is 0. The van der Waals surface area contributed by atoms with E-state index in [1.807, 2.05) is 6.92 Å². The molecule has 1 aromatic carbocycles. The van der Waals surface area contributed by atoms with Gasteiger partial charge in [-0.15, -0.1) is 0 Å². The summed E-state index contributed by atoms with van der Waals surface area (Å²) in [5.41, 5.74) is 2.52. The molecule has 1 aromatic heterocycles. The maximum atomic E-state index is 4.66. The maximum Gasteiger partial charge on any atom is 0.132 e. The number of hydrogen-bond acceptors (Lipinski definition) is 4. The van der Waals surface area contributed by atoms with Crippen LogP contribution < -0.4 is 4.90 Å². The Morgan fingerprint density at radius 2 is 1.91 bits per heavy atom. The minimum absolute atomic E-state index is 0.464. The number of anilines is 1. The minimum atomic E-state index is 0.464. The SMILES string of the molecule is CCc1cc(N2CCN(Cc3ccccc3)C[C@H]2C)nc(C)n1. The Labute approximate surface area is 139 Å². The van der Waals surface area contributed by atoms with Crippen molar-refractivity contribution in [3.05, 3.63) is 53.5 Å². The molecule has 1 aliphatic heterocycles. The van der Waals surface area contributed by atoms with Crippen molar-refractivity contribution >= 4 is 5.82 Å². The molecule has 2 aromatic rings. The Balaban J connectivity index is 1.68. The van der Waals surface area contributed by atoms with Crippen LogP contribution in [0.15, 0.2) is 36.4 Å². The third-order valence-electron chi connectivity index (χ3n) is 4.49. The lowest BCUT2D eigenvalue weighted by Gasteiger charge is -2.40. The van der Waals surface area contributed by atoms with E-state index in [-0.39, 0.29) is 0 Å². The highest BCUT2D eigenvalue weighted by Crippen LogP contribution is 2.20. The van der Waals surface area contributed by atoms with Gasteiger partial charge in [0.25, 0.3) is 0 Å². The van der Waals surface area contributed by atoms with Gasteiger partial charge >= 0.3 is 0 Å². The zero-order valence-electron chi connectivity index (χ0n) is 14.4. The Morgan fingerprint density at radius 1 is 1.13 bits per heavy atom. The van der Waals surface area contributed by atoms with E-state index in [0.717, 1.165) is 49.9 Å². The molecule has 0 radical (unpaired) electrons. The smallest absolute Gasteiger partial charge is 0.132 e. The predicted octanol–water partition coefficient (Wildman–Crippen LogP) is 3.06. The fourth-order valence-electron chi connectivity index (χ4n) is 3.30. The summed E-state index contributed by atoms with van der Waals surface area (Å²) >= 11 is 0. The summed E-state index contributed by atoms with van der Waals surface area (Å²) in [6.07, 6.45) is 0.957. The van der Waals surface area contributed by atoms with Crippen molar-refractivity contribution in [3.8, 4) is 0 Å². The quantitative estimate of drug-likeness (QED) is 0.869. The predicted molar refractivity (Wildman–Crippen MR) is 94.7 cm³/mol. The zero-order chi connectivity index (χ0) is 16.2. The summed E-state index contributed by atoms with van der Waals surface area (Å²) in [6.45, 7) is 10.6. The molecule has 1 aliphatic rings. The maximum absolute atomic E-state index is 4.66. The third kappa shape index (κ3) is 3.88. The van der Waals surface area contributed by atoms with E-state index in [1.165, 1.54) is 5.56 Å². The van der Waals surface area contributed by atoms with Crippen molar-refractivity contribution in [1.29, 1.82) is 0 Å². The van der Waals surface area contributed by atoms with Crippen LogP contribution in [0.5, 0.6) is 0 Å². The van der Waals surface area contributed by atoms with Crippen molar-refractivity contribution in [2.45, 2.75) is 39.8 Å². The van der Waals surface area contributed by atoms with Crippen LogP contribution in [0, 0.1) is 6.92 Å². The molecule has 0 N–H and O–H groups in total. The van der Waals surface area contributed by atoms with Gasteiger partial charge in [-0.25, -0.2) is 9.97 Å². The van der Waals surface area contributed by atoms with Gasteiger partial charge < -0.3 is 4.90 Å². The van der Waals surface area contributed by atoms with Gasteiger partial charge in [0.15, 0.2) is 0 Å². The van der Waals surface area contributed by atoms with Crippen LogP contribution in [0.25, 0.3) is 0 Å². The van der Waals surface area contributed by atoms with Gasteiger partial charge in [-0.3, -0.25) is 4.90 Å². The molecular weight excluding hydrogens is 284 g/mol. The fourth-order valence-corrected chi connectivity index (χ4v) is 3.30.